The predicted molar refractivity (Wildman–Crippen MR) is 85.1 cm³/mol. The number of phenolic OH excluding ortho intramolecular Hbond substituents is 2. The van der Waals surface area contributed by atoms with Crippen molar-refractivity contribution >= 4 is 22.6 Å². The molecule has 0 saturated heterocycles. The summed E-state index contributed by atoms with van der Waals surface area (Å²) in [6.45, 7) is 0. The van der Waals surface area contributed by atoms with Crippen molar-refractivity contribution < 1.29 is 24.7 Å². The molecule has 1 aromatic heterocycles. The largest absolute Gasteiger partial charge is 0.504 e. The van der Waals surface area contributed by atoms with Crippen LogP contribution in [0.15, 0.2) is 36.4 Å². The van der Waals surface area contributed by atoms with Crippen LogP contribution in [0.2, 0.25) is 0 Å². The molecular formula is C16H12N2O6. The topological polar surface area (TPSA) is 126 Å². The number of nitrogens with zero attached hydrogens (tertiary/aromatic N) is 1. The molecule has 8 heteroatoms. The number of hydrogen-bond acceptors (Lipinski definition) is 6. The quantitative estimate of drug-likeness (QED) is 0.294. The number of carbonyl (C=O) groups excluding carboxylic acids is 1. The fourth-order valence-electron chi connectivity index (χ4n) is 2.63. The zero-order chi connectivity index (χ0) is 17.4. The lowest BCUT2D eigenvalue weighted by Crippen LogP contribution is -2.04. The van der Waals surface area contributed by atoms with Gasteiger partial charge in [0, 0.05) is 16.5 Å². The second-order valence-corrected chi connectivity index (χ2v) is 5.00. The van der Waals surface area contributed by atoms with Crippen LogP contribution in [0.3, 0.4) is 0 Å². The summed E-state index contributed by atoms with van der Waals surface area (Å²) in [6, 6.07) is 9.24. The third kappa shape index (κ3) is 2.21. The summed E-state index contributed by atoms with van der Waals surface area (Å²) in [6.07, 6.45) is 0. The number of aromatic hydroxyl groups is 2. The van der Waals surface area contributed by atoms with Gasteiger partial charge < -0.3 is 19.9 Å². The molecule has 0 unspecified atom stereocenters. The Labute approximate surface area is 135 Å². The Morgan fingerprint density at radius 1 is 1.21 bits per heavy atom. The van der Waals surface area contributed by atoms with Gasteiger partial charge in [-0.3, -0.25) is 10.1 Å². The summed E-state index contributed by atoms with van der Waals surface area (Å²) < 4.78 is 4.73. The lowest BCUT2D eigenvalue weighted by atomic mass is 9.99. The van der Waals surface area contributed by atoms with Gasteiger partial charge in [0.05, 0.1) is 17.6 Å². The van der Waals surface area contributed by atoms with E-state index in [0.29, 0.717) is 10.9 Å². The van der Waals surface area contributed by atoms with Crippen LogP contribution in [-0.4, -0.2) is 33.2 Å². The summed E-state index contributed by atoms with van der Waals surface area (Å²) in [5.41, 5.74) is 0.124. The first-order chi connectivity index (χ1) is 11.5. The molecule has 0 aliphatic heterocycles. The number of H-pyrrole nitrogens is 1. The molecule has 0 spiro atoms. The second kappa shape index (κ2) is 5.58. The molecule has 0 saturated carbocycles. The van der Waals surface area contributed by atoms with Crippen LogP contribution in [0.5, 0.6) is 11.5 Å². The van der Waals surface area contributed by atoms with Crippen LogP contribution in [-0.2, 0) is 4.74 Å². The maximum Gasteiger partial charge on any atom is 0.355 e. The normalized spacial score (nSPS) is 10.7. The number of hydrogen-bond donors (Lipinski definition) is 3. The second-order valence-electron chi connectivity index (χ2n) is 5.00. The first-order valence-electron chi connectivity index (χ1n) is 6.84. The maximum absolute atomic E-state index is 12.1. The van der Waals surface area contributed by atoms with Crippen LogP contribution >= 0.6 is 0 Å². The van der Waals surface area contributed by atoms with Crippen molar-refractivity contribution in [3.05, 3.63) is 52.2 Å². The fraction of sp³-hybridized carbons (Fsp3) is 0.0625. The van der Waals surface area contributed by atoms with Gasteiger partial charge in [0.15, 0.2) is 5.75 Å². The molecule has 0 aliphatic carbocycles. The summed E-state index contributed by atoms with van der Waals surface area (Å²) in [7, 11) is 1.19. The van der Waals surface area contributed by atoms with Crippen LogP contribution in [0.4, 0.5) is 5.69 Å². The first-order valence-corrected chi connectivity index (χ1v) is 6.84. The Bertz CT molecular complexity index is 976. The molecule has 0 aliphatic rings. The molecule has 0 radical (unpaired) electrons. The van der Waals surface area contributed by atoms with E-state index in [1.807, 2.05) is 0 Å². The highest BCUT2D eigenvalue weighted by atomic mass is 16.6. The Morgan fingerprint density at radius 2 is 1.92 bits per heavy atom. The Morgan fingerprint density at radius 3 is 2.58 bits per heavy atom. The van der Waals surface area contributed by atoms with E-state index in [9.17, 15) is 25.1 Å². The SMILES string of the molecule is COC(=O)c1[nH]c2ccccc2c1-c1ccc(O)c(O)c1[N+](=O)[O-]. The number of rotatable bonds is 3. The Balaban J connectivity index is 2.44. The minimum atomic E-state index is -0.862. The number of fused-ring (bicyclic) bond motifs is 1. The zero-order valence-electron chi connectivity index (χ0n) is 12.4. The minimum absolute atomic E-state index is 0.00634. The van der Waals surface area contributed by atoms with E-state index in [-0.39, 0.29) is 16.8 Å². The smallest absolute Gasteiger partial charge is 0.355 e. The Kier molecular flexibility index (Phi) is 3.57. The van der Waals surface area contributed by atoms with Gasteiger partial charge in [-0.05, 0) is 18.2 Å². The third-order valence-corrected chi connectivity index (χ3v) is 3.68. The van der Waals surface area contributed by atoms with Crippen molar-refractivity contribution in [2.75, 3.05) is 7.11 Å². The number of nitrogens with one attached hydrogen (secondary N) is 1. The molecule has 3 N–H and O–H groups in total. The van der Waals surface area contributed by atoms with Gasteiger partial charge in [0.2, 0.25) is 5.75 Å². The number of nitro groups is 1. The highest BCUT2D eigenvalue weighted by molar-refractivity contribution is 6.09. The van der Waals surface area contributed by atoms with Gasteiger partial charge in [-0.1, -0.05) is 18.2 Å². The number of ether oxygens (including phenoxy) is 1. The van der Waals surface area contributed by atoms with Gasteiger partial charge in [0.1, 0.15) is 5.69 Å². The van der Waals surface area contributed by atoms with Gasteiger partial charge in [-0.25, -0.2) is 4.79 Å². The van der Waals surface area contributed by atoms with Crippen molar-refractivity contribution in [2.24, 2.45) is 0 Å². The monoisotopic (exact) mass is 328 g/mol. The van der Waals surface area contributed by atoms with E-state index in [1.54, 1.807) is 24.3 Å². The highest BCUT2D eigenvalue weighted by Crippen LogP contribution is 2.45. The van der Waals surface area contributed by atoms with Gasteiger partial charge >= 0.3 is 11.7 Å². The maximum atomic E-state index is 12.1. The number of para-hydroxylation sites is 1. The molecule has 1 heterocycles. The number of benzene rings is 2. The van der Waals surface area contributed by atoms with E-state index >= 15 is 0 Å². The molecule has 3 rings (SSSR count). The molecule has 8 nitrogen and oxygen atoms in total. The number of esters is 1. The lowest BCUT2D eigenvalue weighted by Gasteiger charge is -2.07. The number of aromatic amines is 1. The Hall–Kier alpha value is -3.55. The molecule has 2 aromatic carbocycles. The van der Waals surface area contributed by atoms with Crippen molar-refractivity contribution in [2.45, 2.75) is 0 Å². The van der Waals surface area contributed by atoms with Gasteiger partial charge in [-0.2, -0.15) is 0 Å². The van der Waals surface area contributed by atoms with Crippen LogP contribution in [0.25, 0.3) is 22.0 Å². The van der Waals surface area contributed by atoms with E-state index < -0.39 is 28.1 Å². The van der Waals surface area contributed by atoms with Crippen molar-refractivity contribution in [3.63, 3.8) is 0 Å². The number of phenols is 2. The minimum Gasteiger partial charge on any atom is -0.504 e. The van der Waals surface area contributed by atoms with E-state index in [2.05, 4.69) is 4.98 Å². The number of carbonyl (C=O) groups is 1. The molecule has 0 fully saturated rings. The van der Waals surface area contributed by atoms with Gasteiger partial charge in [-0.15, -0.1) is 0 Å². The highest BCUT2D eigenvalue weighted by Gasteiger charge is 2.29. The van der Waals surface area contributed by atoms with E-state index in [4.69, 9.17) is 4.74 Å². The molecule has 0 atom stereocenters. The summed E-state index contributed by atoms with van der Waals surface area (Å²) in [4.78, 5) is 25.5. The molecule has 0 amide bonds. The molecule has 24 heavy (non-hydrogen) atoms. The van der Waals surface area contributed by atoms with E-state index in [1.165, 1.54) is 13.2 Å². The van der Waals surface area contributed by atoms with Crippen LogP contribution < -0.4 is 0 Å². The summed E-state index contributed by atoms with van der Waals surface area (Å²) in [5.74, 6) is -2.19. The van der Waals surface area contributed by atoms with Gasteiger partial charge in [0.25, 0.3) is 0 Å². The zero-order valence-corrected chi connectivity index (χ0v) is 12.4. The summed E-state index contributed by atoms with van der Waals surface area (Å²) >= 11 is 0. The molecule has 122 valence electrons. The van der Waals surface area contributed by atoms with Crippen molar-refractivity contribution in [3.8, 4) is 22.6 Å². The molecule has 0 bridgehead atoms. The third-order valence-electron chi connectivity index (χ3n) is 3.68. The molecule has 3 aromatic rings. The molecular weight excluding hydrogens is 316 g/mol. The number of nitro benzene ring substituents is 1. The van der Waals surface area contributed by atoms with Crippen LogP contribution in [0, 0.1) is 10.1 Å². The van der Waals surface area contributed by atoms with Crippen molar-refractivity contribution in [1.82, 2.24) is 4.98 Å². The number of methoxy groups -OCH3 is 1. The van der Waals surface area contributed by atoms with Crippen LogP contribution in [0.1, 0.15) is 10.5 Å². The summed E-state index contributed by atoms with van der Waals surface area (Å²) in [5, 5.41) is 31.4. The first kappa shape index (κ1) is 15.3. The lowest BCUT2D eigenvalue weighted by molar-refractivity contribution is -0.385. The van der Waals surface area contributed by atoms with E-state index in [0.717, 1.165) is 6.07 Å². The fourth-order valence-corrected chi connectivity index (χ4v) is 2.63. The average Bonchev–Trinajstić information content (AvgIpc) is 2.95. The average molecular weight is 328 g/mol. The standard InChI is InChI=1S/C16H12N2O6/c1-24-16(21)13-12(8-4-2-3-5-10(8)17-13)9-6-7-11(19)15(20)14(9)18(22)23/h2-7,17,19-20H,1H3. The van der Waals surface area contributed by atoms with Crippen molar-refractivity contribution in [1.29, 1.82) is 0 Å². The predicted octanol–water partition coefficient (Wildman–Crippen LogP) is 2.94. The number of aromatic nitrogens is 1.